The molecule has 0 saturated carbocycles. The van der Waals surface area contributed by atoms with Gasteiger partial charge in [-0.3, -0.25) is 10.1 Å². The molecular weight excluding hydrogens is 388 g/mol. The first-order valence-electron chi connectivity index (χ1n) is 9.64. The fourth-order valence-corrected chi connectivity index (χ4v) is 3.32. The Bertz CT molecular complexity index is 924. The van der Waals surface area contributed by atoms with Gasteiger partial charge in [-0.05, 0) is 31.2 Å². The molecule has 1 aliphatic heterocycles. The van der Waals surface area contributed by atoms with E-state index < -0.39 is 22.8 Å². The third kappa shape index (κ3) is 5.25. The minimum absolute atomic E-state index is 0.0123. The first-order chi connectivity index (χ1) is 14.0. The summed E-state index contributed by atoms with van der Waals surface area (Å²) in [5.41, 5.74) is 1.78. The number of nitro benzene ring substituents is 1. The van der Waals surface area contributed by atoms with Crippen LogP contribution in [0.15, 0.2) is 46.8 Å². The van der Waals surface area contributed by atoms with Gasteiger partial charge in [0.25, 0.3) is 5.69 Å². The maximum absolute atomic E-state index is 13.0. The Kier molecular flexibility index (Phi) is 7.02. The zero-order chi connectivity index (χ0) is 22.6. The topological polar surface area (TPSA) is 108 Å². The van der Waals surface area contributed by atoms with Crippen LogP contribution in [0, 0.1) is 15.5 Å². The highest BCUT2D eigenvalue weighted by molar-refractivity contribution is 5.99. The van der Waals surface area contributed by atoms with Crippen LogP contribution in [0.5, 0.6) is 0 Å². The monoisotopic (exact) mass is 416 g/mol. The van der Waals surface area contributed by atoms with Gasteiger partial charge in [-0.25, -0.2) is 9.59 Å². The molecule has 2 rings (SSSR count). The molecular formula is C22H28N2O6. The molecule has 1 atom stereocenters. The van der Waals surface area contributed by atoms with Gasteiger partial charge in [-0.1, -0.05) is 32.9 Å². The minimum atomic E-state index is -0.847. The zero-order valence-corrected chi connectivity index (χ0v) is 18.2. The second-order valence-electron chi connectivity index (χ2n) is 8.43. The van der Waals surface area contributed by atoms with E-state index in [-0.39, 0.29) is 28.9 Å². The van der Waals surface area contributed by atoms with E-state index >= 15 is 0 Å². The number of nitrogens with zero attached hydrogens (tertiary/aromatic N) is 1. The number of rotatable bonds is 6. The Morgan fingerprint density at radius 2 is 1.73 bits per heavy atom. The Morgan fingerprint density at radius 3 is 2.27 bits per heavy atom. The normalized spacial score (nSPS) is 16.8. The largest absolute Gasteiger partial charge is 0.466 e. The van der Waals surface area contributed by atoms with Crippen molar-refractivity contribution in [2.24, 2.45) is 5.41 Å². The Balaban J connectivity index is 2.53. The standard InChI is InChI=1S/C22H28N2O6/c1-13-17(20(25)29-6)19(15-8-7-9-16(12-15)24(27)28)18(14(2)23-13)21(26)30-11-10-22(3,4)5/h7-9,12,19,23H,10-11H2,1-6H3. The van der Waals surface area contributed by atoms with Crippen molar-refractivity contribution >= 4 is 17.6 Å². The predicted molar refractivity (Wildman–Crippen MR) is 111 cm³/mol. The van der Waals surface area contributed by atoms with Gasteiger partial charge in [-0.15, -0.1) is 0 Å². The number of nitrogens with one attached hydrogen (secondary N) is 1. The van der Waals surface area contributed by atoms with Gasteiger partial charge in [0.1, 0.15) is 0 Å². The SMILES string of the molecule is COC(=O)C1=C(C)NC(C)=C(C(=O)OCCC(C)(C)C)C1c1cccc([N+](=O)[O-])c1. The summed E-state index contributed by atoms with van der Waals surface area (Å²) in [7, 11) is 1.25. The molecule has 0 fully saturated rings. The number of dihydropyridines is 1. The van der Waals surface area contributed by atoms with Gasteiger partial charge in [-0.2, -0.15) is 0 Å². The number of benzene rings is 1. The van der Waals surface area contributed by atoms with Gasteiger partial charge >= 0.3 is 11.9 Å². The van der Waals surface area contributed by atoms with E-state index in [1.54, 1.807) is 19.9 Å². The number of esters is 2. The third-order valence-electron chi connectivity index (χ3n) is 4.89. The molecule has 0 aromatic heterocycles. The molecule has 0 spiro atoms. The fraction of sp³-hybridized carbons (Fsp3) is 0.455. The smallest absolute Gasteiger partial charge is 0.336 e. The molecule has 1 N–H and O–H groups in total. The van der Waals surface area contributed by atoms with Gasteiger partial charge < -0.3 is 14.8 Å². The second kappa shape index (κ2) is 9.11. The van der Waals surface area contributed by atoms with E-state index in [4.69, 9.17) is 9.47 Å². The molecule has 1 unspecified atom stereocenters. The lowest BCUT2D eigenvalue weighted by Crippen LogP contribution is -2.32. The molecule has 0 aliphatic carbocycles. The van der Waals surface area contributed by atoms with Crippen molar-refractivity contribution < 1.29 is 24.0 Å². The van der Waals surface area contributed by atoms with Crippen molar-refractivity contribution in [3.05, 3.63) is 62.5 Å². The van der Waals surface area contributed by atoms with Crippen LogP contribution in [-0.2, 0) is 19.1 Å². The van der Waals surface area contributed by atoms with Crippen molar-refractivity contribution in [1.82, 2.24) is 5.32 Å². The second-order valence-corrected chi connectivity index (χ2v) is 8.43. The Hall–Kier alpha value is -3.16. The number of ether oxygens (including phenoxy) is 2. The van der Waals surface area contributed by atoms with E-state index in [1.165, 1.54) is 25.3 Å². The number of methoxy groups -OCH3 is 1. The highest BCUT2D eigenvalue weighted by Gasteiger charge is 2.38. The van der Waals surface area contributed by atoms with Crippen LogP contribution in [0.4, 0.5) is 5.69 Å². The summed E-state index contributed by atoms with van der Waals surface area (Å²) in [6.07, 6.45) is 0.665. The average Bonchev–Trinajstić information content (AvgIpc) is 2.65. The number of carbonyl (C=O) groups is 2. The van der Waals surface area contributed by atoms with Crippen molar-refractivity contribution in [1.29, 1.82) is 0 Å². The minimum Gasteiger partial charge on any atom is -0.466 e. The first-order valence-corrected chi connectivity index (χ1v) is 9.64. The van der Waals surface area contributed by atoms with Crippen LogP contribution < -0.4 is 5.32 Å². The first kappa shape index (κ1) is 23.1. The highest BCUT2D eigenvalue weighted by Crippen LogP contribution is 2.40. The van der Waals surface area contributed by atoms with Crippen LogP contribution in [0.2, 0.25) is 0 Å². The molecule has 8 nitrogen and oxygen atoms in total. The number of hydrogen-bond donors (Lipinski definition) is 1. The van der Waals surface area contributed by atoms with Gasteiger partial charge in [0.2, 0.25) is 0 Å². The summed E-state index contributed by atoms with van der Waals surface area (Å²) in [6, 6.07) is 5.89. The number of nitro groups is 1. The van der Waals surface area contributed by atoms with Gasteiger partial charge in [0.15, 0.2) is 0 Å². The molecule has 0 amide bonds. The summed E-state index contributed by atoms with van der Waals surface area (Å²) >= 11 is 0. The van der Waals surface area contributed by atoms with Crippen LogP contribution in [0.1, 0.15) is 52.5 Å². The number of hydrogen-bond acceptors (Lipinski definition) is 7. The van der Waals surface area contributed by atoms with Crippen molar-refractivity contribution in [2.75, 3.05) is 13.7 Å². The van der Waals surface area contributed by atoms with E-state index in [2.05, 4.69) is 5.32 Å². The fourth-order valence-electron chi connectivity index (χ4n) is 3.32. The molecule has 8 heteroatoms. The lowest BCUT2D eigenvalue weighted by molar-refractivity contribution is -0.384. The maximum atomic E-state index is 13.0. The van der Waals surface area contributed by atoms with Crippen molar-refractivity contribution in [3.8, 4) is 0 Å². The Morgan fingerprint density at radius 1 is 1.13 bits per heavy atom. The molecule has 1 heterocycles. The average molecular weight is 416 g/mol. The highest BCUT2D eigenvalue weighted by atomic mass is 16.6. The molecule has 1 aromatic carbocycles. The lowest BCUT2D eigenvalue weighted by atomic mass is 9.80. The van der Waals surface area contributed by atoms with Crippen LogP contribution in [0.3, 0.4) is 0 Å². The van der Waals surface area contributed by atoms with E-state index in [9.17, 15) is 19.7 Å². The molecule has 30 heavy (non-hydrogen) atoms. The van der Waals surface area contributed by atoms with Crippen LogP contribution in [0.25, 0.3) is 0 Å². The molecule has 1 aliphatic rings. The van der Waals surface area contributed by atoms with Crippen molar-refractivity contribution in [2.45, 2.75) is 47.0 Å². The number of non-ortho nitro benzene ring substituents is 1. The summed E-state index contributed by atoms with van der Waals surface area (Å²) in [4.78, 5) is 36.4. The molecule has 0 saturated heterocycles. The summed E-state index contributed by atoms with van der Waals surface area (Å²) in [5.74, 6) is -2.04. The van der Waals surface area contributed by atoms with Crippen LogP contribution >= 0.6 is 0 Å². The van der Waals surface area contributed by atoms with E-state index in [1.807, 2.05) is 20.8 Å². The number of carbonyl (C=O) groups excluding carboxylic acids is 2. The van der Waals surface area contributed by atoms with E-state index in [0.717, 1.165) is 0 Å². The predicted octanol–water partition coefficient (Wildman–Crippen LogP) is 3.98. The quantitative estimate of drug-likeness (QED) is 0.424. The molecule has 0 radical (unpaired) electrons. The zero-order valence-electron chi connectivity index (χ0n) is 18.2. The van der Waals surface area contributed by atoms with Crippen molar-refractivity contribution in [3.63, 3.8) is 0 Å². The molecule has 0 bridgehead atoms. The third-order valence-corrected chi connectivity index (χ3v) is 4.89. The molecule has 162 valence electrons. The lowest BCUT2D eigenvalue weighted by Gasteiger charge is -2.30. The number of allylic oxidation sites excluding steroid dienone is 2. The Labute approximate surface area is 176 Å². The summed E-state index contributed by atoms with van der Waals surface area (Å²) in [6.45, 7) is 9.75. The van der Waals surface area contributed by atoms with E-state index in [0.29, 0.717) is 23.4 Å². The maximum Gasteiger partial charge on any atom is 0.336 e. The van der Waals surface area contributed by atoms with Gasteiger partial charge in [0, 0.05) is 23.5 Å². The van der Waals surface area contributed by atoms with Crippen LogP contribution in [-0.4, -0.2) is 30.6 Å². The van der Waals surface area contributed by atoms with Gasteiger partial charge in [0.05, 0.1) is 35.7 Å². The molecule has 1 aromatic rings. The summed E-state index contributed by atoms with van der Waals surface area (Å²) < 4.78 is 10.4. The summed E-state index contributed by atoms with van der Waals surface area (Å²) in [5, 5.41) is 14.3.